The highest BCUT2D eigenvalue weighted by atomic mass is 32.2. The van der Waals surface area contributed by atoms with Crippen LogP contribution in [-0.4, -0.2) is 46.8 Å². The molecule has 1 fully saturated rings. The van der Waals surface area contributed by atoms with Gasteiger partial charge in [0.25, 0.3) is 0 Å². The number of anilines is 2. The van der Waals surface area contributed by atoms with Crippen molar-refractivity contribution in [3.8, 4) is 0 Å². The Labute approximate surface area is 151 Å². The van der Waals surface area contributed by atoms with Gasteiger partial charge in [0.1, 0.15) is 6.54 Å². The molecule has 0 atom stereocenters. The van der Waals surface area contributed by atoms with Gasteiger partial charge in [0.05, 0.1) is 11.9 Å². The second kappa shape index (κ2) is 9.08. The van der Waals surface area contributed by atoms with Crippen LogP contribution in [0.1, 0.15) is 39.0 Å². The molecule has 25 heavy (non-hydrogen) atoms. The SMILES string of the molecule is CCCCCNC(=O)CN(c1ccc(N2CCCC2)cc1)S(C)(=O)=O. The van der Waals surface area contributed by atoms with Crippen LogP contribution in [0.4, 0.5) is 11.4 Å². The minimum absolute atomic E-state index is 0.186. The molecule has 1 amide bonds. The molecule has 2 rings (SSSR count). The maximum absolute atomic E-state index is 12.1. The molecule has 1 N–H and O–H groups in total. The number of nitrogens with zero attached hydrogens (tertiary/aromatic N) is 2. The molecule has 1 heterocycles. The van der Waals surface area contributed by atoms with Crippen molar-refractivity contribution in [3.05, 3.63) is 24.3 Å². The van der Waals surface area contributed by atoms with Crippen molar-refractivity contribution in [2.75, 3.05) is 41.6 Å². The van der Waals surface area contributed by atoms with E-state index in [9.17, 15) is 13.2 Å². The number of rotatable bonds is 9. The zero-order chi connectivity index (χ0) is 18.3. The number of sulfonamides is 1. The van der Waals surface area contributed by atoms with Gasteiger partial charge in [0.15, 0.2) is 0 Å². The molecule has 0 radical (unpaired) electrons. The Morgan fingerprint density at radius 3 is 2.36 bits per heavy atom. The third-order valence-corrected chi connectivity index (χ3v) is 5.54. The molecule has 1 aromatic rings. The monoisotopic (exact) mass is 367 g/mol. The van der Waals surface area contributed by atoms with E-state index >= 15 is 0 Å². The highest BCUT2D eigenvalue weighted by Crippen LogP contribution is 2.25. The van der Waals surface area contributed by atoms with E-state index in [1.165, 1.54) is 12.8 Å². The van der Waals surface area contributed by atoms with Gasteiger partial charge in [-0.05, 0) is 43.5 Å². The first kappa shape index (κ1) is 19.6. The predicted molar refractivity (Wildman–Crippen MR) is 103 cm³/mol. The van der Waals surface area contributed by atoms with Crippen LogP contribution < -0.4 is 14.5 Å². The quantitative estimate of drug-likeness (QED) is 0.680. The molecule has 0 aliphatic carbocycles. The molecule has 140 valence electrons. The number of hydrogen-bond donors (Lipinski definition) is 1. The van der Waals surface area contributed by atoms with Crippen LogP contribution >= 0.6 is 0 Å². The van der Waals surface area contributed by atoms with E-state index in [2.05, 4.69) is 17.1 Å². The average Bonchev–Trinajstić information content (AvgIpc) is 3.10. The maximum Gasteiger partial charge on any atom is 0.240 e. The summed E-state index contributed by atoms with van der Waals surface area (Å²) in [5.74, 6) is -0.273. The number of nitrogens with one attached hydrogen (secondary N) is 1. The summed E-state index contributed by atoms with van der Waals surface area (Å²) in [4.78, 5) is 14.4. The fourth-order valence-electron chi connectivity index (χ4n) is 2.99. The second-order valence-electron chi connectivity index (χ2n) is 6.54. The molecule has 0 bridgehead atoms. The Kier molecular flexibility index (Phi) is 7.11. The van der Waals surface area contributed by atoms with Crippen molar-refractivity contribution >= 4 is 27.3 Å². The van der Waals surface area contributed by atoms with Crippen LogP contribution in [-0.2, 0) is 14.8 Å². The molecule has 0 spiro atoms. The van der Waals surface area contributed by atoms with Crippen molar-refractivity contribution in [2.24, 2.45) is 0 Å². The summed E-state index contributed by atoms with van der Waals surface area (Å²) in [5.41, 5.74) is 1.62. The Balaban J connectivity index is 2.03. The van der Waals surface area contributed by atoms with Gasteiger partial charge in [-0.15, -0.1) is 0 Å². The summed E-state index contributed by atoms with van der Waals surface area (Å²) >= 11 is 0. The molecular formula is C18H29N3O3S. The fourth-order valence-corrected chi connectivity index (χ4v) is 3.85. The first-order valence-corrected chi connectivity index (χ1v) is 10.9. The normalized spacial score (nSPS) is 14.6. The minimum Gasteiger partial charge on any atom is -0.372 e. The summed E-state index contributed by atoms with van der Waals surface area (Å²) in [6.45, 7) is 4.57. The third kappa shape index (κ3) is 5.92. The van der Waals surface area contributed by atoms with E-state index in [0.717, 1.165) is 48.6 Å². The molecule has 1 aliphatic rings. The van der Waals surface area contributed by atoms with E-state index in [4.69, 9.17) is 0 Å². The van der Waals surface area contributed by atoms with Gasteiger partial charge in [0.2, 0.25) is 15.9 Å². The zero-order valence-corrected chi connectivity index (χ0v) is 16.0. The Bertz CT molecular complexity index is 653. The second-order valence-corrected chi connectivity index (χ2v) is 8.44. The lowest BCUT2D eigenvalue weighted by Gasteiger charge is -2.23. The largest absolute Gasteiger partial charge is 0.372 e. The molecule has 0 unspecified atom stereocenters. The van der Waals surface area contributed by atoms with E-state index < -0.39 is 10.0 Å². The average molecular weight is 368 g/mol. The molecule has 7 heteroatoms. The number of carbonyl (C=O) groups excluding carboxylic acids is 1. The Hall–Kier alpha value is -1.76. The molecule has 6 nitrogen and oxygen atoms in total. The number of amides is 1. The van der Waals surface area contributed by atoms with Crippen molar-refractivity contribution < 1.29 is 13.2 Å². The van der Waals surface area contributed by atoms with Gasteiger partial charge in [-0.3, -0.25) is 9.10 Å². The van der Waals surface area contributed by atoms with Crippen LogP contribution in [0.5, 0.6) is 0 Å². The summed E-state index contributed by atoms with van der Waals surface area (Å²) in [5, 5.41) is 2.79. The van der Waals surface area contributed by atoms with Crippen LogP contribution in [0.2, 0.25) is 0 Å². The van der Waals surface area contributed by atoms with Crippen LogP contribution in [0.25, 0.3) is 0 Å². The number of carbonyl (C=O) groups is 1. The summed E-state index contributed by atoms with van der Waals surface area (Å²) < 4.78 is 25.4. The Morgan fingerprint density at radius 1 is 1.16 bits per heavy atom. The lowest BCUT2D eigenvalue weighted by molar-refractivity contribution is -0.119. The van der Waals surface area contributed by atoms with E-state index in [0.29, 0.717) is 12.2 Å². The highest BCUT2D eigenvalue weighted by Gasteiger charge is 2.21. The van der Waals surface area contributed by atoms with E-state index in [1.807, 2.05) is 12.1 Å². The number of hydrogen-bond acceptors (Lipinski definition) is 4. The van der Waals surface area contributed by atoms with Gasteiger partial charge in [-0.25, -0.2) is 8.42 Å². The topological polar surface area (TPSA) is 69.7 Å². The smallest absolute Gasteiger partial charge is 0.240 e. The van der Waals surface area contributed by atoms with Crippen LogP contribution in [0, 0.1) is 0 Å². The standard InChI is InChI=1S/C18H29N3O3S/c1-3-4-5-12-19-18(22)15-21(25(2,23)24)17-10-8-16(9-11-17)20-13-6-7-14-20/h8-11H,3-7,12-15H2,1-2H3,(H,19,22). The minimum atomic E-state index is -3.52. The van der Waals surface area contributed by atoms with E-state index in [1.54, 1.807) is 12.1 Å². The number of unbranched alkanes of at least 4 members (excludes halogenated alkanes) is 2. The predicted octanol–water partition coefficient (Wildman–Crippen LogP) is 2.36. The Morgan fingerprint density at radius 2 is 1.80 bits per heavy atom. The first-order valence-electron chi connectivity index (χ1n) is 9.01. The van der Waals surface area contributed by atoms with Crippen LogP contribution in [0.3, 0.4) is 0 Å². The molecular weight excluding hydrogens is 338 g/mol. The molecule has 0 saturated carbocycles. The maximum atomic E-state index is 12.1. The lowest BCUT2D eigenvalue weighted by atomic mass is 10.2. The molecule has 1 aromatic carbocycles. The van der Waals surface area contributed by atoms with E-state index in [-0.39, 0.29) is 12.5 Å². The summed E-state index contributed by atoms with van der Waals surface area (Å²) in [7, 11) is -3.52. The van der Waals surface area contributed by atoms with Crippen molar-refractivity contribution in [1.82, 2.24) is 5.32 Å². The fraction of sp³-hybridized carbons (Fsp3) is 0.611. The lowest BCUT2D eigenvalue weighted by Crippen LogP contribution is -2.40. The van der Waals surface area contributed by atoms with Crippen molar-refractivity contribution in [3.63, 3.8) is 0 Å². The molecule has 0 aromatic heterocycles. The molecule has 1 saturated heterocycles. The van der Waals surface area contributed by atoms with Gasteiger partial charge in [-0.1, -0.05) is 19.8 Å². The summed E-state index contributed by atoms with van der Waals surface area (Å²) in [6.07, 6.45) is 6.55. The first-order chi connectivity index (χ1) is 11.9. The number of benzene rings is 1. The third-order valence-electron chi connectivity index (χ3n) is 4.40. The van der Waals surface area contributed by atoms with Gasteiger partial charge in [-0.2, -0.15) is 0 Å². The van der Waals surface area contributed by atoms with Gasteiger partial charge in [0, 0.05) is 25.3 Å². The summed E-state index contributed by atoms with van der Waals surface area (Å²) in [6, 6.07) is 7.41. The molecule has 1 aliphatic heterocycles. The zero-order valence-electron chi connectivity index (χ0n) is 15.2. The van der Waals surface area contributed by atoms with Crippen molar-refractivity contribution in [1.29, 1.82) is 0 Å². The van der Waals surface area contributed by atoms with Gasteiger partial charge < -0.3 is 10.2 Å². The van der Waals surface area contributed by atoms with Crippen LogP contribution in [0.15, 0.2) is 24.3 Å². The van der Waals surface area contributed by atoms with Crippen molar-refractivity contribution in [2.45, 2.75) is 39.0 Å². The van der Waals surface area contributed by atoms with Gasteiger partial charge >= 0.3 is 0 Å². The highest BCUT2D eigenvalue weighted by molar-refractivity contribution is 7.92.